The Kier molecular flexibility index (Phi) is 5.01. The first-order chi connectivity index (χ1) is 12.1. The van der Waals surface area contributed by atoms with Crippen molar-refractivity contribution in [3.63, 3.8) is 0 Å². The molecule has 2 amide bonds. The van der Waals surface area contributed by atoms with Gasteiger partial charge in [0.15, 0.2) is 0 Å². The van der Waals surface area contributed by atoms with Crippen molar-refractivity contribution >= 4 is 39.1 Å². The molecule has 3 heterocycles. The third kappa shape index (κ3) is 3.56. The number of amides is 2. The molecule has 3 aliphatic rings. The van der Waals surface area contributed by atoms with Gasteiger partial charge in [0, 0.05) is 44.0 Å². The molecule has 1 aliphatic carbocycles. The van der Waals surface area contributed by atoms with Crippen LogP contribution < -0.4 is 0 Å². The van der Waals surface area contributed by atoms with Crippen LogP contribution in [0.1, 0.15) is 37.0 Å². The number of hydrogen-bond acceptors (Lipinski definition) is 5. The Morgan fingerprint density at radius 3 is 2.36 bits per heavy atom. The molecule has 1 aromatic rings. The molecule has 2 aliphatic heterocycles. The fourth-order valence-electron chi connectivity index (χ4n) is 4.39. The molecule has 4 rings (SSSR count). The maximum absolute atomic E-state index is 12.8. The van der Waals surface area contributed by atoms with Crippen molar-refractivity contribution < 1.29 is 9.59 Å². The number of halogens is 1. The summed E-state index contributed by atoms with van der Waals surface area (Å²) in [7, 11) is 0. The smallest absolute Gasteiger partial charge is 0.237 e. The molecule has 0 bridgehead atoms. The Morgan fingerprint density at radius 2 is 1.72 bits per heavy atom. The van der Waals surface area contributed by atoms with Crippen molar-refractivity contribution in [3.8, 4) is 0 Å². The zero-order valence-electron chi connectivity index (χ0n) is 14.4. The molecule has 0 aromatic carbocycles. The Morgan fingerprint density at radius 1 is 1.04 bits per heavy atom. The summed E-state index contributed by atoms with van der Waals surface area (Å²) in [4.78, 5) is 32.8. The van der Waals surface area contributed by atoms with Gasteiger partial charge < -0.3 is 0 Å². The fraction of sp³-hybridized carbons (Fsp3) is 0.667. The Labute approximate surface area is 161 Å². The van der Waals surface area contributed by atoms with E-state index in [-0.39, 0.29) is 17.2 Å². The molecule has 0 atom stereocenters. The molecule has 1 saturated carbocycles. The highest BCUT2D eigenvalue weighted by Crippen LogP contribution is 2.46. The van der Waals surface area contributed by atoms with Gasteiger partial charge in [0.1, 0.15) is 0 Å². The van der Waals surface area contributed by atoms with Crippen LogP contribution in [-0.4, -0.2) is 59.4 Å². The number of likely N-dealkylation sites (tertiary alicyclic amines) is 1. The molecule has 1 aromatic heterocycles. The summed E-state index contributed by atoms with van der Waals surface area (Å²) in [5.41, 5.74) is -0.342. The van der Waals surface area contributed by atoms with Gasteiger partial charge in [-0.1, -0.05) is 12.8 Å². The van der Waals surface area contributed by atoms with Gasteiger partial charge in [-0.15, -0.1) is 11.3 Å². The van der Waals surface area contributed by atoms with Gasteiger partial charge >= 0.3 is 0 Å². The molecule has 0 radical (unpaired) electrons. The summed E-state index contributed by atoms with van der Waals surface area (Å²) < 4.78 is 1.17. The van der Waals surface area contributed by atoms with Crippen molar-refractivity contribution in [1.82, 2.24) is 14.7 Å². The lowest BCUT2D eigenvalue weighted by atomic mass is 9.85. The lowest BCUT2D eigenvalue weighted by molar-refractivity contribution is -0.144. The van der Waals surface area contributed by atoms with Crippen LogP contribution in [0, 0.1) is 5.41 Å². The Hall–Kier alpha value is -0.760. The summed E-state index contributed by atoms with van der Waals surface area (Å²) in [5, 5.41) is 0. The molecular formula is C18H24BrN3O2S. The van der Waals surface area contributed by atoms with E-state index >= 15 is 0 Å². The van der Waals surface area contributed by atoms with Gasteiger partial charge in [-0.3, -0.25) is 24.3 Å². The second-order valence-electron chi connectivity index (χ2n) is 7.53. The zero-order chi connectivity index (χ0) is 17.4. The highest BCUT2D eigenvalue weighted by Gasteiger charge is 2.52. The zero-order valence-corrected chi connectivity index (χ0v) is 16.8. The van der Waals surface area contributed by atoms with Gasteiger partial charge in [0.25, 0.3) is 0 Å². The second-order valence-corrected chi connectivity index (χ2v) is 10.1. The minimum atomic E-state index is -0.342. The highest BCUT2D eigenvalue weighted by molar-refractivity contribution is 9.11. The summed E-state index contributed by atoms with van der Waals surface area (Å²) in [6.07, 6.45) is 4.42. The average molecular weight is 426 g/mol. The van der Waals surface area contributed by atoms with Crippen LogP contribution in [0.2, 0.25) is 0 Å². The Bertz CT molecular complexity index is 663. The predicted octanol–water partition coefficient (Wildman–Crippen LogP) is 2.91. The molecule has 3 fully saturated rings. The molecular weight excluding hydrogens is 402 g/mol. The number of imide groups is 1. The van der Waals surface area contributed by atoms with E-state index in [4.69, 9.17) is 0 Å². The molecule has 1 spiro atoms. The maximum Gasteiger partial charge on any atom is 0.237 e. The Balaban J connectivity index is 1.30. The SMILES string of the molecule is O=C1CC2(CCCC2)C(=O)N1CN1CCN(Cc2ccc(Br)s2)CC1. The lowest BCUT2D eigenvalue weighted by Gasteiger charge is -2.36. The van der Waals surface area contributed by atoms with E-state index in [2.05, 4.69) is 37.9 Å². The van der Waals surface area contributed by atoms with Crippen LogP contribution in [0.4, 0.5) is 0 Å². The standard InChI is InChI=1S/C18H24BrN3O2S/c19-15-4-3-14(25-15)12-20-7-9-21(10-8-20)13-22-16(23)11-18(17(22)24)5-1-2-6-18/h3-4H,1-2,5-13H2. The number of thiophene rings is 1. The second kappa shape index (κ2) is 7.10. The molecule has 7 heteroatoms. The average Bonchev–Trinajstić information content (AvgIpc) is 3.28. The van der Waals surface area contributed by atoms with Gasteiger partial charge in [0.05, 0.1) is 15.9 Å². The van der Waals surface area contributed by atoms with E-state index in [1.165, 1.54) is 13.6 Å². The number of carbonyl (C=O) groups excluding carboxylic acids is 2. The fourth-order valence-corrected chi connectivity index (χ4v) is 5.92. The number of nitrogens with zero attached hydrogens (tertiary/aromatic N) is 3. The van der Waals surface area contributed by atoms with E-state index in [1.807, 2.05) is 0 Å². The normalized spacial score (nSPS) is 24.8. The number of carbonyl (C=O) groups is 2. The minimum absolute atomic E-state index is 0.0396. The quantitative estimate of drug-likeness (QED) is 0.695. The predicted molar refractivity (Wildman–Crippen MR) is 101 cm³/mol. The van der Waals surface area contributed by atoms with E-state index < -0.39 is 0 Å². The van der Waals surface area contributed by atoms with Crippen molar-refractivity contribution in [2.24, 2.45) is 5.41 Å². The van der Waals surface area contributed by atoms with E-state index in [1.54, 1.807) is 11.3 Å². The van der Waals surface area contributed by atoms with Gasteiger partial charge in [-0.05, 0) is 40.9 Å². The third-order valence-corrected chi connectivity index (χ3v) is 7.47. The number of piperazine rings is 1. The van der Waals surface area contributed by atoms with Crippen LogP contribution in [0.3, 0.4) is 0 Å². The summed E-state index contributed by atoms with van der Waals surface area (Å²) >= 11 is 5.30. The molecule has 5 nitrogen and oxygen atoms in total. The van der Waals surface area contributed by atoms with E-state index in [0.717, 1.165) is 58.4 Å². The maximum atomic E-state index is 12.8. The van der Waals surface area contributed by atoms with E-state index in [0.29, 0.717) is 13.1 Å². The van der Waals surface area contributed by atoms with Crippen LogP contribution >= 0.6 is 27.3 Å². The van der Waals surface area contributed by atoms with Crippen LogP contribution in [0.25, 0.3) is 0 Å². The van der Waals surface area contributed by atoms with Gasteiger partial charge in [-0.25, -0.2) is 0 Å². The van der Waals surface area contributed by atoms with Gasteiger partial charge in [-0.2, -0.15) is 0 Å². The molecule has 25 heavy (non-hydrogen) atoms. The lowest BCUT2D eigenvalue weighted by Crippen LogP contribution is -2.51. The summed E-state index contributed by atoms with van der Waals surface area (Å²) in [6.45, 7) is 5.26. The number of rotatable bonds is 4. The van der Waals surface area contributed by atoms with Crippen LogP contribution in [-0.2, 0) is 16.1 Å². The third-order valence-electron chi connectivity index (χ3n) is 5.86. The largest absolute Gasteiger partial charge is 0.296 e. The first-order valence-electron chi connectivity index (χ1n) is 9.09. The molecule has 0 unspecified atom stereocenters. The van der Waals surface area contributed by atoms with Crippen molar-refractivity contribution in [3.05, 3.63) is 20.8 Å². The number of hydrogen-bond donors (Lipinski definition) is 0. The van der Waals surface area contributed by atoms with Crippen molar-refractivity contribution in [1.29, 1.82) is 0 Å². The highest BCUT2D eigenvalue weighted by atomic mass is 79.9. The first-order valence-corrected chi connectivity index (χ1v) is 10.7. The first kappa shape index (κ1) is 17.6. The van der Waals surface area contributed by atoms with Crippen molar-refractivity contribution in [2.75, 3.05) is 32.8 Å². The topological polar surface area (TPSA) is 43.9 Å². The molecule has 0 N–H and O–H groups in total. The minimum Gasteiger partial charge on any atom is -0.296 e. The van der Waals surface area contributed by atoms with Gasteiger partial charge in [0.2, 0.25) is 11.8 Å². The molecule has 2 saturated heterocycles. The van der Waals surface area contributed by atoms with Crippen LogP contribution in [0.15, 0.2) is 15.9 Å². The van der Waals surface area contributed by atoms with E-state index in [9.17, 15) is 9.59 Å². The molecule has 136 valence electrons. The van der Waals surface area contributed by atoms with Crippen molar-refractivity contribution in [2.45, 2.75) is 38.6 Å². The summed E-state index contributed by atoms with van der Waals surface area (Å²) in [6, 6.07) is 4.27. The monoisotopic (exact) mass is 425 g/mol. The summed E-state index contributed by atoms with van der Waals surface area (Å²) in [5.74, 6) is 0.138. The van der Waals surface area contributed by atoms with Crippen LogP contribution in [0.5, 0.6) is 0 Å².